The highest BCUT2D eigenvalue weighted by molar-refractivity contribution is 6.06. The van der Waals surface area contributed by atoms with Gasteiger partial charge in [0, 0.05) is 11.3 Å². The number of nitrogens with one attached hydrogen (secondary N) is 1. The number of hydrogen-bond donors (Lipinski definition) is 1. The molecule has 0 saturated carbocycles. The molecule has 1 heterocycles. The molecule has 1 aliphatic rings. The van der Waals surface area contributed by atoms with E-state index in [1.807, 2.05) is 52.0 Å². The van der Waals surface area contributed by atoms with Crippen molar-refractivity contribution in [2.24, 2.45) is 0 Å². The molecular weight excluding hydrogens is 484 g/mol. The average Bonchev–Trinajstić information content (AvgIpc) is 2.90. The zero-order chi connectivity index (χ0) is 27.2. The smallest absolute Gasteiger partial charge is 0.268 e. The zero-order valence-electron chi connectivity index (χ0n) is 22.5. The third-order valence-corrected chi connectivity index (χ3v) is 6.19. The van der Waals surface area contributed by atoms with Crippen LogP contribution in [0.2, 0.25) is 0 Å². The van der Waals surface area contributed by atoms with E-state index in [1.165, 1.54) is 0 Å². The summed E-state index contributed by atoms with van der Waals surface area (Å²) < 4.78 is 23.1. The molecule has 0 fully saturated rings. The predicted octanol–water partition coefficient (Wildman–Crippen LogP) is 5.76. The van der Waals surface area contributed by atoms with Crippen molar-refractivity contribution >= 4 is 23.2 Å². The average molecular weight is 519 g/mol. The number of benzene rings is 3. The van der Waals surface area contributed by atoms with Gasteiger partial charge in [0.1, 0.15) is 5.75 Å². The Labute approximate surface area is 223 Å². The first-order valence-corrected chi connectivity index (χ1v) is 12.9. The lowest BCUT2D eigenvalue weighted by molar-refractivity contribution is -0.125. The topological polar surface area (TPSA) is 86.3 Å². The number of carbonyl (C=O) groups is 2. The summed E-state index contributed by atoms with van der Waals surface area (Å²) in [4.78, 5) is 28.1. The minimum absolute atomic E-state index is 0.140. The second kappa shape index (κ2) is 11.9. The number of anilines is 2. The number of fused-ring (bicyclic) bond motifs is 1. The van der Waals surface area contributed by atoms with Crippen molar-refractivity contribution < 1.29 is 28.5 Å². The van der Waals surface area contributed by atoms with Gasteiger partial charge in [-0.05, 0) is 76.1 Å². The molecule has 0 aliphatic carbocycles. The van der Waals surface area contributed by atoms with Gasteiger partial charge in [-0.1, -0.05) is 24.3 Å². The fraction of sp³-hybridized carbons (Fsp3) is 0.333. The Balaban J connectivity index is 1.65. The van der Waals surface area contributed by atoms with Crippen LogP contribution in [0.25, 0.3) is 0 Å². The number of amides is 2. The molecule has 8 heteroatoms. The van der Waals surface area contributed by atoms with E-state index in [4.69, 9.17) is 18.9 Å². The lowest BCUT2D eigenvalue weighted by Crippen LogP contribution is -2.44. The molecule has 0 saturated heterocycles. The molecule has 3 aromatic carbocycles. The lowest BCUT2D eigenvalue weighted by atomic mass is 10.1. The first-order valence-electron chi connectivity index (χ1n) is 12.9. The van der Waals surface area contributed by atoms with Gasteiger partial charge in [0.05, 0.1) is 32.1 Å². The minimum atomic E-state index is -0.607. The van der Waals surface area contributed by atoms with Crippen LogP contribution in [0.3, 0.4) is 0 Å². The van der Waals surface area contributed by atoms with Crippen LogP contribution in [-0.4, -0.2) is 37.7 Å². The molecule has 0 bridgehead atoms. The Kier molecular flexibility index (Phi) is 8.41. The highest BCUT2D eigenvalue weighted by Gasteiger charge is 2.32. The Bertz CT molecular complexity index is 1290. The second-order valence-electron chi connectivity index (χ2n) is 8.85. The van der Waals surface area contributed by atoms with Gasteiger partial charge >= 0.3 is 0 Å². The molecule has 0 spiro atoms. The van der Waals surface area contributed by atoms with Crippen molar-refractivity contribution in [2.45, 2.75) is 47.3 Å². The molecule has 1 atom stereocenters. The molecule has 8 nitrogen and oxygen atoms in total. The summed E-state index contributed by atoms with van der Waals surface area (Å²) >= 11 is 0. The Morgan fingerprint density at radius 1 is 0.947 bits per heavy atom. The maximum Gasteiger partial charge on any atom is 0.268 e. The number of ether oxygens (including phenoxy) is 4. The molecule has 2 amide bonds. The van der Waals surface area contributed by atoms with Gasteiger partial charge < -0.3 is 29.2 Å². The Hall–Kier alpha value is -4.20. The van der Waals surface area contributed by atoms with E-state index in [2.05, 4.69) is 5.32 Å². The van der Waals surface area contributed by atoms with Crippen LogP contribution in [0.15, 0.2) is 54.6 Å². The van der Waals surface area contributed by atoms with Gasteiger partial charge in [-0.15, -0.1) is 0 Å². The second-order valence-corrected chi connectivity index (χ2v) is 8.85. The zero-order valence-corrected chi connectivity index (χ0v) is 22.5. The standard InChI is InChI=1S/C30H34N2O6/c1-6-35-26-15-22(16-27(36-7-2)28(26)37-8-3)29(33)31-23-13-14-25-24(17-23)32(30(34)20(5)38-25)18-21-12-10-9-11-19(21)4/h9-17,20H,6-8,18H2,1-5H3,(H,31,33). The quantitative estimate of drug-likeness (QED) is 0.367. The molecule has 1 aliphatic heterocycles. The summed E-state index contributed by atoms with van der Waals surface area (Å²) in [6.45, 7) is 11.0. The van der Waals surface area contributed by atoms with Crippen LogP contribution >= 0.6 is 0 Å². The predicted molar refractivity (Wildman–Crippen MR) is 147 cm³/mol. The van der Waals surface area contributed by atoms with E-state index >= 15 is 0 Å². The Morgan fingerprint density at radius 3 is 2.24 bits per heavy atom. The van der Waals surface area contributed by atoms with Gasteiger partial charge in [0.2, 0.25) is 5.75 Å². The number of hydrogen-bond acceptors (Lipinski definition) is 6. The van der Waals surface area contributed by atoms with Crippen molar-refractivity contribution in [1.29, 1.82) is 0 Å². The van der Waals surface area contributed by atoms with E-state index in [-0.39, 0.29) is 11.8 Å². The van der Waals surface area contributed by atoms with Gasteiger partial charge in [-0.3, -0.25) is 9.59 Å². The molecule has 1 N–H and O–H groups in total. The van der Waals surface area contributed by atoms with Crippen LogP contribution < -0.4 is 29.2 Å². The summed E-state index contributed by atoms with van der Waals surface area (Å²) in [5.74, 6) is 1.44. The maximum atomic E-state index is 13.3. The number of nitrogens with zero attached hydrogens (tertiary/aromatic N) is 1. The first-order chi connectivity index (χ1) is 18.4. The van der Waals surface area contributed by atoms with Gasteiger partial charge in [0.15, 0.2) is 17.6 Å². The first kappa shape index (κ1) is 26.9. The van der Waals surface area contributed by atoms with E-state index < -0.39 is 6.10 Å². The molecule has 0 radical (unpaired) electrons. The summed E-state index contributed by atoms with van der Waals surface area (Å²) in [6.07, 6.45) is -0.607. The van der Waals surface area contributed by atoms with Crippen LogP contribution in [0.1, 0.15) is 49.2 Å². The SMILES string of the molecule is CCOc1cc(C(=O)Nc2ccc3c(c2)N(Cc2ccccc2C)C(=O)C(C)O3)cc(OCC)c1OCC. The van der Waals surface area contributed by atoms with Crippen molar-refractivity contribution in [2.75, 3.05) is 30.0 Å². The van der Waals surface area contributed by atoms with Crippen molar-refractivity contribution in [3.05, 3.63) is 71.3 Å². The third-order valence-electron chi connectivity index (χ3n) is 6.19. The van der Waals surface area contributed by atoms with Crippen LogP contribution in [0, 0.1) is 6.92 Å². The minimum Gasteiger partial charge on any atom is -0.490 e. The molecule has 38 heavy (non-hydrogen) atoms. The van der Waals surface area contributed by atoms with E-state index in [1.54, 1.807) is 42.2 Å². The highest BCUT2D eigenvalue weighted by Crippen LogP contribution is 2.40. The summed E-state index contributed by atoms with van der Waals surface area (Å²) in [5, 5.41) is 2.94. The summed E-state index contributed by atoms with van der Waals surface area (Å²) in [5.41, 5.74) is 3.62. The van der Waals surface area contributed by atoms with Crippen LogP contribution in [0.5, 0.6) is 23.0 Å². The molecule has 1 unspecified atom stereocenters. The number of carbonyl (C=O) groups excluding carboxylic acids is 2. The normalized spacial score (nSPS) is 14.4. The largest absolute Gasteiger partial charge is 0.490 e. The van der Waals surface area contributed by atoms with Gasteiger partial charge in [-0.2, -0.15) is 0 Å². The van der Waals surface area contributed by atoms with E-state index in [0.29, 0.717) is 66.3 Å². The van der Waals surface area contributed by atoms with Crippen molar-refractivity contribution in [3.63, 3.8) is 0 Å². The molecule has 200 valence electrons. The van der Waals surface area contributed by atoms with Crippen molar-refractivity contribution in [3.8, 4) is 23.0 Å². The van der Waals surface area contributed by atoms with Gasteiger partial charge in [0.25, 0.3) is 11.8 Å². The van der Waals surface area contributed by atoms with Gasteiger partial charge in [-0.25, -0.2) is 0 Å². The molecule has 0 aromatic heterocycles. The molecule has 4 rings (SSSR count). The third kappa shape index (κ3) is 5.69. The van der Waals surface area contributed by atoms with Crippen LogP contribution in [0.4, 0.5) is 11.4 Å². The van der Waals surface area contributed by atoms with Crippen molar-refractivity contribution in [1.82, 2.24) is 0 Å². The number of rotatable bonds is 10. The molecular formula is C30H34N2O6. The summed E-state index contributed by atoms with van der Waals surface area (Å²) in [7, 11) is 0. The highest BCUT2D eigenvalue weighted by atomic mass is 16.5. The fourth-order valence-corrected chi connectivity index (χ4v) is 4.33. The lowest BCUT2D eigenvalue weighted by Gasteiger charge is -2.33. The summed E-state index contributed by atoms with van der Waals surface area (Å²) in [6, 6.07) is 16.5. The molecule has 3 aromatic rings. The van der Waals surface area contributed by atoms with Crippen LogP contribution in [-0.2, 0) is 11.3 Å². The Morgan fingerprint density at radius 2 is 1.61 bits per heavy atom. The number of aryl methyl sites for hydroxylation is 1. The van der Waals surface area contributed by atoms with E-state index in [9.17, 15) is 9.59 Å². The fourth-order valence-electron chi connectivity index (χ4n) is 4.33. The maximum absolute atomic E-state index is 13.3. The monoisotopic (exact) mass is 518 g/mol. The van der Waals surface area contributed by atoms with E-state index in [0.717, 1.165) is 11.1 Å².